The third-order valence-corrected chi connectivity index (χ3v) is 12.1. The molecule has 0 spiro atoms. The van der Waals surface area contributed by atoms with E-state index in [0.717, 1.165) is 48.7 Å². The van der Waals surface area contributed by atoms with Gasteiger partial charge < -0.3 is 19.7 Å². The normalized spacial score (nSPS) is 17.2. The molecule has 254 valence electrons. The van der Waals surface area contributed by atoms with Crippen LogP contribution >= 0.6 is 0 Å². The maximum atomic E-state index is 12.8. The van der Waals surface area contributed by atoms with Crippen LogP contribution in [0.2, 0.25) is 0 Å². The molecule has 0 saturated carbocycles. The summed E-state index contributed by atoms with van der Waals surface area (Å²) in [6.45, 7) is 0. The van der Waals surface area contributed by atoms with E-state index in [-0.39, 0.29) is 40.2 Å². The van der Waals surface area contributed by atoms with Crippen LogP contribution in [0.1, 0.15) is 28.2 Å². The number of furan rings is 1. The van der Waals surface area contributed by atoms with Crippen LogP contribution in [0.4, 0.5) is 0 Å². The zero-order valence-electron chi connectivity index (χ0n) is 28.8. The molecule has 0 fully saturated rings. The maximum Gasteiger partial charge on any atom is 0.138 e. The molecule has 2 unspecified atom stereocenters. The second kappa shape index (κ2) is 10.5. The standard InChI is InChI=1S/C50H30O4/c51-48-45(34-24-20-30-16-14-26-6-3-8-28-18-22-32(34)42(30)40(26)28)49(52)47(37-11-5-13-39-44(37)36-10-1-2-12-38(36)54-39)50(53)46(48)35-25-21-31-17-15-27-7-4-9-29-19-23-33(35)43(31)41(27)29/h1-25,32,42,51-53H. The number of rotatable bonds is 3. The molecule has 9 aromatic rings. The minimum Gasteiger partial charge on any atom is -0.506 e. The number of phenols is 3. The van der Waals surface area contributed by atoms with Gasteiger partial charge >= 0.3 is 0 Å². The molecule has 4 heteroatoms. The monoisotopic (exact) mass is 694 g/mol. The first-order valence-electron chi connectivity index (χ1n) is 18.3. The van der Waals surface area contributed by atoms with Gasteiger partial charge in [0.25, 0.3) is 0 Å². The van der Waals surface area contributed by atoms with Crippen molar-refractivity contribution in [1.29, 1.82) is 0 Å². The third-order valence-electron chi connectivity index (χ3n) is 12.1. The van der Waals surface area contributed by atoms with E-state index in [1.807, 2.05) is 54.6 Å². The van der Waals surface area contributed by atoms with E-state index < -0.39 is 0 Å². The van der Waals surface area contributed by atoms with Gasteiger partial charge in [0.2, 0.25) is 0 Å². The van der Waals surface area contributed by atoms with E-state index in [4.69, 9.17) is 4.42 Å². The predicted octanol–water partition coefficient (Wildman–Crippen LogP) is 12.7. The SMILES string of the molecule is Oc1c(C2=CC=C3C=Cc4cccc5c4C3C2C=C5)c(O)c(-c2cccc3oc4ccccc4c23)c(O)c1-c1ccc2ccc3cccc4ccc1c2c34. The fraction of sp³-hybridized carbons (Fsp3) is 0.0400. The minimum atomic E-state index is -0.193. The van der Waals surface area contributed by atoms with Crippen molar-refractivity contribution in [2.24, 2.45) is 5.92 Å². The van der Waals surface area contributed by atoms with Crippen molar-refractivity contribution in [3.05, 3.63) is 167 Å². The lowest BCUT2D eigenvalue weighted by Crippen LogP contribution is -2.23. The topological polar surface area (TPSA) is 73.8 Å². The van der Waals surface area contributed by atoms with E-state index in [1.54, 1.807) is 0 Å². The van der Waals surface area contributed by atoms with E-state index in [9.17, 15) is 15.3 Å². The van der Waals surface area contributed by atoms with Crippen LogP contribution < -0.4 is 0 Å². The number of phenolic OH excluding ortho intramolecular Hbond substituents is 3. The Balaban J connectivity index is 1.20. The van der Waals surface area contributed by atoms with Gasteiger partial charge in [0.05, 0.1) is 16.7 Å². The zero-order valence-corrected chi connectivity index (χ0v) is 28.8. The highest BCUT2D eigenvalue weighted by molar-refractivity contribution is 6.26. The van der Waals surface area contributed by atoms with Crippen LogP contribution in [0.5, 0.6) is 17.2 Å². The van der Waals surface area contributed by atoms with Crippen molar-refractivity contribution in [3.63, 3.8) is 0 Å². The molecule has 3 N–H and O–H groups in total. The highest BCUT2D eigenvalue weighted by atomic mass is 16.3. The third kappa shape index (κ3) is 3.76. The molecule has 3 aliphatic rings. The molecule has 0 bridgehead atoms. The van der Waals surface area contributed by atoms with E-state index >= 15 is 0 Å². The Morgan fingerprint density at radius 2 is 1.13 bits per heavy atom. The van der Waals surface area contributed by atoms with Crippen LogP contribution in [-0.2, 0) is 0 Å². The number of aromatic hydroxyl groups is 3. The van der Waals surface area contributed by atoms with Gasteiger partial charge in [-0.25, -0.2) is 0 Å². The van der Waals surface area contributed by atoms with Gasteiger partial charge in [-0.15, -0.1) is 0 Å². The minimum absolute atomic E-state index is 0.0153. The lowest BCUT2D eigenvalue weighted by molar-refractivity contribution is 0.430. The van der Waals surface area contributed by atoms with Crippen molar-refractivity contribution < 1.29 is 19.7 Å². The number of allylic oxidation sites excluding steroid dienone is 6. The lowest BCUT2D eigenvalue weighted by atomic mass is 9.65. The summed E-state index contributed by atoms with van der Waals surface area (Å²) in [5.74, 6) is -0.679. The highest BCUT2D eigenvalue weighted by Crippen LogP contribution is 2.60. The molecule has 0 aliphatic heterocycles. The Hall–Kier alpha value is -7.04. The molecule has 4 nitrogen and oxygen atoms in total. The summed E-state index contributed by atoms with van der Waals surface area (Å²) < 4.78 is 6.29. The molecule has 2 atom stereocenters. The number of benzene rings is 8. The van der Waals surface area contributed by atoms with E-state index in [0.29, 0.717) is 27.9 Å². The van der Waals surface area contributed by atoms with Gasteiger partial charge in [0, 0.05) is 28.2 Å². The highest BCUT2D eigenvalue weighted by Gasteiger charge is 2.39. The molecular formula is C50H30O4. The van der Waals surface area contributed by atoms with E-state index in [2.05, 4.69) is 97.1 Å². The summed E-state index contributed by atoms with van der Waals surface area (Å²) in [6, 6.07) is 38.7. The van der Waals surface area contributed by atoms with Gasteiger partial charge in [0.1, 0.15) is 28.4 Å². The predicted molar refractivity (Wildman–Crippen MR) is 220 cm³/mol. The van der Waals surface area contributed by atoms with Crippen molar-refractivity contribution >= 4 is 72.0 Å². The van der Waals surface area contributed by atoms with Gasteiger partial charge in [-0.2, -0.15) is 0 Å². The molecule has 1 aromatic heterocycles. The molecular weight excluding hydrogens is 665 g/mol. The summed E-state index contributed by atoms with van der Waals surface area (Å²) in [6.07, 6.45) is 12.8. The number of hydrogen-bond donors (Lipinski definition) is 3. The molecule has 54 heavy (non-hydrogen) atoms. The molecule has 3 aliphatic carbocycles. The number of hydrogen-bond acceptors (Lipinski definition) is 4. The summed E-state index contributed by atoms with van der Waals surface area (Å²) in [5.41, 5.74) is 9.09. The molecule has 0 radical (unpaired) electrons. The number of para-hydroxylation sites is 1. The first-order chi connectivity index (χ1) is 26.5. The van der Waals surface area contributed by atoms with Crippen LogP contribution in [0.3, 0.4) is 0 Å². The van der Waals surface area contributed by atoms with Crippen LogP contribution in [-0.4, -0.2) is 15.3 Å². The summed E-state index contributed by atoms with van der Waals surface area (Å²) in [4.78, 5) is 0. The molecule has 12 rings (SSSR count). The first-order valence-corrected chi connectivity index (χ1v) is 18.3. The zero-order chi connectivity index (χ0) is 35.8. The summed E-state index contributed by atoms with van der Waals surface area (Å²) >= 11 is 0. The first kappa shape index (κ1) is 29.5. The molecule has 1 heterocycles. The quantitative estimate of drug-likeness (QED) is 0.161. The average molecular weight is 695 g/mol. The second-order valence-electron chi connectivity index (χ2n) is 14.8. The average Bonchev–Trinajstić information content (AvgIpc) is 3.59. The number of fused-ring (bicyclic) bond motifs is 3. The molecule has 0 saturated heterocycles. The van der Waals surface area contributed by atoms with Gasteiger partial charge in [-0.3, -0.25) is 0 Å². The molecule has 0 amide bonds. The fourth-order valence-electron chi connectivity index (χ4n) is 9.83. The Bertz CT molecular complexity index is 3240. The van der Waals surface area contributed by atoms with Crippen molar-refractivity contribution in [1.82, 2.24) is 0 Å². The Kier molecular flexibility index (Phi) is 5.75. The molecule has 8 aromatic carbocycles. The lowest BCUT2D eigenvalue weighted by Gasteiger charge is -2.38. The van der Waals surface area contributed by atoms with Gasteiger partial charge in [0.15, 0.2) is 0 Å². The van der Waals surface area contributed by atoms with Crippen molar-refractivity contribution in [2.75, 3.05) is 0 Å². The summed E-state index contributed by atoms with van der Waals surface area (Å²) in [5, 5.41) is 46.2. The maximum absolute atomic E-state index is 12.8. The van der Waals surface area contributed by atoms with Gasteiger partial charge in [-0.05, 0) is 77.9 Å². The van der Waals surface area contributed by atoms with Crippen LogP contribution in [0, 0.1) is 5.92 Å². The Morgan fingerprint density at radius 1 is 0.463 bits per heavy atom. The van der Waals surface area contributed by atoms with Crippen LogP contribution in [0.15, 0.2) is 150 Å². The van der Waals surface area contributed by atoms with E-state index in [1.165, 1.54) is 22.3 Å². The van der Waals surface area contributed by atoms with Crippen molar-refractivity contribution in [3.8, 4) is 39.5 Å². The van der Waals surface area contributed by atoms with Crippen molar-refractivity contribution in [2.45, 2.75) is 5.92 Å². The fourth-order valence-corrected chi connectivity index (χ4v) is 9.83. The Morgan fingerprint density at radius 3 is 1.98 bits per heavy atom. The second-order valence-corrected chi connectivity index (χ2v) is 14.8. The van der Waals surface area contributed by atoms with Gasteiger partial charge in [-0.1, -0.05) is 140 Å². The smallest absolute Gasteiger partial charge is 0.138 e. The Labute approximate surface area is 309 Å². The van der Waals surface area contributed by atoms with Crippen LogP contribution in [0.25, 0.3) is 94.2 Å². The summed E-state index contributed by atoms with van der Waals surface area (Å²) in [7, 11) is 0. The largest absolute Gasteiger partial charge is 0.506 e.